The number of alkyl halides is 2. The van der Waals surface area contributed by atoms with Crippen molar-refractivity contribution in [3.63, 3.8) is 0 Å². The number of β-amino-alcohol motifs (C(OH)–C–C–N with tert-alkyl or cyclic N) is 2. The van der Waals surface area contributed by atoms with E-state index in [2.05, 4.69) is 20.6 Å². The maximum Gasteiger partial charge on any atom is 0.245 e. The van der Waals surface area contributed by atoms with Crippen molar-refractivity contribution in [1.29, 1.82) is 0 Å². The Kier molecular flexibility index (Phi) is 15.7. The van der Waals surface area contributed by atoms with Crippen LogP contribution in [0.5, 0.6) is 23.0 Å². The minimum absolute atomic E-state index is 0.0445. The molecule has 376 valence electrons. The molecule has 4 aromatic heterocycles. The van der Waals surface area contributed by atoms with Gasteiger partial charge in [0.2, 0.25) is 11.9 Å². The molecule has 0 amide bonds. The van der Waals surface area contributed by atoms with Gasteiger partial charge in [-0.2, -0.15) is 0 Å². The summed E-state index contributed by atoms with van der Waals surface area (Å²) >= 11 is 0. The average molecular weight is 983 g/mol. The molecule has 0 spiro atoms. The van der Waals surface area contributed by atoms with E-state index >= 15 is 0 Å². The molecule has 4 aromatic carbocycles. The second-order valence-electron chi connectivity index (χ2n) is 17.7. The molecule has 2 fully saturated rings. The van der Waals surface area contributed by atoms with Gasteiger partial charge in [0, 0.05) is 49.1 Å². The van der Waals surface area contributed by atoms with Crippen LogP contribution in [-0.4, -0.2) is 142 Å². The lowest BCUT2D eigenvalue weighted by Gasteiger charge is -2.34. The number of likely N-dealkylation sites (tertiary alicyclic amines) is 2. The van der Waals surface area contributed by atoms with Crippen LogP contribution >= 0.6 is 0 Å². The molecule has 2 aliphatic heterocycles. The van der Waals surface area contributed by atoms with Gasteiger partial charge in [0.25, 0.3) is 0 Å². The number of ether oxygens (including phenoxy) is 4. The summed E-state index contributed by atoms with van der Waals surface area (Å²) < 4.78 is 55.8. The third-order valence-corrected chi connectivity index (χ3v) is 13.4. The van der Waals surface area contributed by atoms with Crippen molar-refractivity contribution in [2.75, 3.05) is 91.6 Å². The number of anilines is 4. The highest BCUT2D eigenvalue weighted by molar-refractivity contribution is 5.74. The first kappa shape index (κ1) is 49.6. The Bertz CT molecular complexity index is 2890. The number of aliphatic hydroxyl groups excluding tert-OH is 2. The summed E-state index contributed by atoms with van der Waals surface area (Å²) in [6.07, 6.45) is 2.89. The number of nitrogens with zero attached hydrogens (tertiary/aromatic N) is 8. The Morgan fingerprint density at radius 2 is 0.958 bits per heavy atom. The van der Waals surface area contributed by atoms with E-state index in [0.717, 1.165) is 69.3 Å². The van der Waals surface area contributed by atoms with Gasteiger partial charge in [-0.05, 0) is 110 Å². The second-order valence-corrected chi connectivity index (χ2v) is 17.7. The van der Waals surface area contributed by atoms with Crippen LogP contribution in [0.25, 0.3) is 33.5 Å². The molecule has 10 rings (SSSR count). The monoisotopic (exact) mass is 982 g/mol. The van der Waals surface area contributed by atoms with Gasteiger partial charge in [0.15, 0.2) is 0 Å². The highest BCUT2D eigenvalue weighted by atomic mass is 19.1. The molecule has 72 heavy (non-hydrogen) atoms. The molecule has 0 radical (unpaired) electrons. The van der Waals surface area contributed by atoms with Crippen molar-refractivity contribution in [3.05, 3.63) is 133 Å². The smallest absolute Gasteiger partial charge is 0.245 e. The number of rotatable bonds is 16. The van der Waals surface area contributed by atoms with Crippen LogP contribution in [0.1, 0.15) is 35.8 Å². The molecule has 0 bridgehead atoms. The number of aliphatic hydroxyl groups is 2. The Balaban J connectivity index is 0.000000178. The molecular formula is C54H60F2N10O6. The molecule has 18 heteroatoms. The summed E-state index contributed by atoms with van der Waals surface area (Å²) in [6, 6.07) is 34.9. The zero-order valence-corrected chi connectivity index (χ0v) is 40.8. The van der Waals surface area contributed by atoms with Crippen molar-refractivity contribution in [1.82, 2.24) is 39.0 Å². The fourth-order valence-electron chi connectivity index (χ4n) is 9.74. The van der Waals surface area contributed by atoms with Gasteiger partial charge in [-0.1, -0.05) is 36.4 Å². The van der Waals surface area contributed by atoms with E-state index in [1.807, 2.05) is 128 Å². The quantitative estimate of drug-likeness (QED) is 0.0727. The van der Waals surface area contributed by atoms with Crippen LogP contribution in [0.2, 0.25) is 0 Å². The third-order valence-electron chi connectivity index (χ3n) is 13.4. The minimum Gasteiger partial charge on any atom is -0.496 e. The number of halogens is 2. The van der Waals surface area contributed by atoms with E-state index in [1.54, 1.807) is 40.8 Å². The number of para-hydroxylation sites is 2. The summed E-state index contributed by atoms with van der Waals surface area (Å²) in [5, 5.41) is 34.2. The van der Waals surface area contributed by atoms with Gasteiger partial charge in [0.05, 0.1) is 87.8 Å². The molecule has 2 aliphatic rings. The summed E-state index contributed by atoms with van der Waals surface area (Å²) in [7, 11) is 6.49. The van der Waals surface area contributed by atoms with Crippen molar-refractivity contribution in [2.45, 2.75) is 37.0 Å². The molecule has 16 nitrogen and oxygen atoms in total. The normalized spacial score (nSPS) is 18.3. The number of aromatic nitrogens is 6. The van der Waals surface area contributed by atoms with Crippen molar-refractivity contribution in [3.8, 4) is 45.5 Å². The maximum atomic E-state index is 14.9. The summed E-state index contributed by atoms with van der Waals surface area (Å²) in [4.78, 5) is 12.8. The van der Waals surface area contributed by atoms with Crippen LogP contribution < -0.4 is 29.6 Å². The number of hydrogen-bond donors (Lipinski definition) is 4. The number of benzene rings is 4. The highest BCUT2D eigenvalue weighted by Gasteiger charge is 2.32. The number of hydrogen-bond acceptors (Lipinski definition) is 14. The lowest BCUT2D eigenvalue weighted by molar-refractivity contribution is 0.0994. The van der Waals surface area contributed by atoms with E-state index in [-0.39, 0.29) is 25.0 Å². The van der Waals surface area contributed by atoms with Crippen molar-refractivity contribution < 1.29 is 37.9 Å². The number of methoxy groups -OCH3 is 4. The Hall–Kier alpha value is -7.38. The predicted octanol–water partition coefficient (Wildman–Crippen LogP) is 8.55. The summed E-state index contributed by atoms with van der Waals surface area (Å²) in [6.45, 7) is 3.26. The number of piperidine rings is 2. The molecule has 8 aromatic rings. The van der Waals surface area contributed by atoms with Gasteiger partial charge in [0.1, 0.15) is 35.3 Å². The first-order valence-electron chi connectivity index (χ1n) is 24.0. The third kappa shape index (κ3) is 10.8. The second kappa shape index (κ2) is 22.8. The predicted molar refractivity (Wildman–Crippen MR) is 274 cm³/mol. The van der Waals surface area contributed by atoms with E-state index in [4.69, 9.17) is 39.4 Å². The Labute approximate surface area is 416 Å². The average Bonchev–Trinajstić information content (AvgIpc) is 4.03. The van der Waals surface area contributed by atoms with Crippen LogP contribution in [0.4, 0.5) is 32.1 Å². The van der Waals surface area contributed by atoms with E-state index in [9.17, 15) is 8.78 Å². The molecule has 0 unspecified atom stereocenters. The highest BCUT2D eigenvalue weighted by Crippen LogP contribution is 2.39. The maximum absolute atomic E-state index is 14.9. The van der Waals surface area contributed by atoms with Crippen LogP contribution in [0.15, 0.2) is 122 Å². The van der Waals surface area contributed by atoms with Crippen molar-refractivity contribution >= 4 is 34.3 Å². The molecule has 2 saturated heterocycles. The van der Waals surface area contributed by atoms with Gasteiger partial charge in [-0.3, -0.25) is 9.80 Å². The van der Waals surface area contributed by atoms with Crippen LogP contribution in [0, 0.1) is 0 Å². The molecule has 4 N–H and O–H groups in total. The fourth-order valence-corrected chi connectivity index (χ4v) is 9.74. The van der Waals surface area contributed by atoms with E-state index < -0.39 is 12.3 Å². The molecule has 0 aliphatic carbocycles. The Morgan fingerprint density at radius 3 is 1.35 bits per heavy atom. The number of nitrogens with one attached hydrogen (secondary N) is 2. The Morgan fingerprint density at radius 1 is 0.542 bits per heavy atom. The van der Waals surface area contributed by atoms with Gasteiger partial charge in [-0.25, -0.2) is 27.8 Å². The summed E-state index contributed by atoms with van der Waals surface area (Å²) in [5.41, 5.74) is 8.51. The molecule has 4 atom stereocenters. The van der Waals surface area contributed by atoms with Gasteiger partial charge < -0.3 is 39.8 Å². The SMILES string of the molecule is COc1cc([C@@H]2CCN(CCO)C[C@H]2F)ccc1Nc1ncc2ccc(-c3ccccc3OC)n2n1.COc1cc([C@H]2CCN(CCO)C[C@@H]2F)ccc1Nc1ncc2ccc(-c3ccccc3OC)n2n1. The standard InChI is InChI=1S/2C27H30FN5O3/c2*1-35-25-6-4-3-5-21(25)24-10-8-19-16-29-27(31-33(19)24)30-23-9-7-18(15-26(23)36-2)20-11-12-32(13-14-34)17-22(20)28/h2*3-10,15-16,20,22,34H,11-14,17H2,1-2H3,(H,30,31)/t2*20-,22+/m10/s1. The molecular weight excluding hydrogens is 923 g/mol. The van der Waals surface area contributed by atoms with Crippen LogP contribution in [-0.2, 0) is 0 Å². The summed E-state index contributed by atoms with van der Waals surface area (Å²) in [5.74, 6) is 3.10. The van der Waals surface area contributed by atoms with E-state index in [0.29, 0.717) is 73.8 Å². The number of fused-ring (bicyclic) bond motifs is 2. The lowest BCUT2D eigenvalue weighted by Crippen LogP contribution is -2.42. The zero-order chi connectivity index (χ0) is 50.1. The topological polar surface area (TPSA) is 168 Å². The van der Waals surface area contributed by atoms with Gasteiger partial charge >= 0.3 is 0 Å². The molecule has 6 heterocycles. The largest absolute Gasteiger partial charge is 0.496 e. The van der Waals surface area contributed by atoms with Crippen molar-refractivity contribution in [2.24, 2.45) is 0 Å². The lowest BCUT2D eigenvalue weighted by atomic mass is 9.87. The molecule has 0 saturated carbocycles. The van der Waals surface area contributed by atoms with Gasteiger partial charge in [-0.15, -0.1) is 10.2 Å². The fraction of sp³-hybridized carbons (Fsp3) is 0.333. The van der Waals surface area contributed by atoms with Crippen LogP contribution in [0.3, 0.4) is 0 Å². The minimum atomic E-state index is -0.998. The van der Waals surface area contributed by atoms with E-state index in [1.165, 1.54) is 0 Å². The first-order chi connectivity index (χ1) is 35.2. The zero-order valence-electron chi connectivity index (χ0n) is 40.8. The first-order valence-corrected chi connectivity index (χ1v) is 24.0.